The van der Waals surface area contributed by atoms with Gasteiger partial charge in [-0.05, 0) is 43.1 Å². The fourth-order valence-electron chi connectivity index (χ4n) is 4.09. The van der Waals surface area contributed by atoms with E-state index in [0.717, 1.165) is 12.8 Å². The van der Waals surface area contributed by atoms with Crippen LogP contribution in [0.15, 0.2) is 30.3 Å². The van der Waals surface area contributed by atoms with Crippen LogP contribution in [0, 0.1) is 5.92 Å². The zero-order valence-electron chi connectivity index (χ0n) is 14.0. The Morgan fingerprint density at radius 1 is 1.09 bits per heavy atom. The van der Waals surface area contributed by atoms with Gasteiger partial charge in [0.2, 0.25) is 11.8 Å². The second-order valence-corrected chi connectivity index (χ2v) is 7.17. The third-order valence-corrected chi connectivity index (χ3v) is 5.30. The summed E-state index contributed by atoms with van der Waals surface area (Å²) in [5.74, 6) is 1.06. The fraction of sp³-hybridized carbons (Fsp3) is 0.579. The molecule has 1 N–H and O–H groups in total. The van der Waals surface area contributed by atoms with E-state index in [1.54, 1.807) is 7.05 Å². The van der Waals surface area contributed by atoms with E-state index in [1.807, 2.05) is 0 Å². The smallest absolute Gasteiger partial charge is 0.246 e. The Labute approximate surface area is 138 Å². The number of carbonyl (C=O) groups excluding carboxylic acids is 2. The summed E-state index contributed by atoms with van der Waals surface area (Å²) in [5.41, 5.74) is 1.40. The molecule has 1 saturated heterocycles. The van der Waals surface area contributed by atoms with Crippen molar-refractivity contribution in [2.45, 2.75) is 57.0 Å². The highest BCUT2D eigenvalue weighted by Gasteiger charge is 2.35. The van der Waals surface area contributed by atoms with Crippen molar-refractivity contribution in [2.24, 2.45) is 5.92 Å². The number of imide groups is 1. The maximum atomic E-state index is 12.3. The SMILES string of the molecule is CC1CC(NC2CCC(=O)N(C)C2=O)CC(c2ccccc2)C1. The van der Waals surface area contributed by atoms with Crippen molar-refractivity contribution in [3.63, 3.8) is 0 Å². The molecule has 2 amide bonds. The molecular formula is C19H26N2O2. The molecule has 4 nitrogen and oxygen atoms in total. The molecule has 1 aromatic carbocycles. The number of benzene rings is 1. The molecule has 3 rings (SSSR count). The Hall–Kier alpha value is -1.68. The quantitative estimate of drug-likeness (QED) is 0.873. The standard InChI is InChI=1S/C19H26N2O2/c1-13-10-15(14-6-4-3-5-7-14)12-16(11-13)20-17-8-9-18(22)21(2)19(17)23/h3-7,13,15-17,20H,8-12H2,1-2H3. The summed E-state index contributed by atoms with van der Waals surface area (Å²) >= 11 is 0. The van der Waals surface area contributed by atoms with Crippen LogP contribution in [0.5, 0.6) is 0 Å². The highest BCUT2D eigenvalue weighted by Crippen LogP contribution is 2.36. The number of hydrogen-bond acceptors (Lipinski definition) is 3. The van der Waals surface area contributed by atoms with Gasteiger partial charge in [-0.2, -0.15) is 0 Å². The molecule has 0 spiro atoms. The van der Waals surface area contributed by atoms with Gasteiger partial charge in [-0.15, -0.1) is 0 Å². The summed E-state index contributed by atoms with van der Waals surface area (Å²) in [6.07, 6.45) is 4.47. The Morgan fingerprint density at radius 3 is 2.57 bits per heavy atom. The van der Waals surface area contributed by atoms with Crippen LogP contribution in [0.25, 0.3) is 0 Å². The van der Waals surface area contributed by atoms with E-state index >= 15 is 0 Å². The minimum absolute atomic E-state index is 0.0628. The molecule has 23 heavy (non-hydrogen) atoms. The maximum Gasteiger partial charge on any atom is 0.246 e. The van der Waals surface area contributed by atoms with Crippen LogP contribution in [0.4, 0.5) is 0 Å². The summed E-state index contributed by atoms with van der Waals surface area (Å²) in [6, 6.07) is 10.8. The van der Waals surface area contributed by atoms with Crippen molar-refractivity contribution >= 4 is 11.8 Å². The predicted octanol–water partition coefficient (Wildman–Crippen LogP) is 2.70. The molecule has 2 fully saturated rings. The van der Waals surface area contributed by atoms with Gasteiger partial charge in [0.25, 0.3) is 0 Å². The zero-order valence-corrected chi connectivity index (χ0v) is 14.0. The van der Waals surface area contributed by atoms with Gasteiger partial charge >= 0.3 is 0 Å². The third kappa shape index (κ3) is 3.63. The molecule has 0 bridgehead atoms. The normalized spacial score (nSPS) is 32.2. The Morgan fingerprint density at radius 2 is 1.83 bits per heavy atom. The molecule has 1 aliphatic heterocycles. The minimum atomic E-state index is -0.204. The van der Waals surface area contributed by atoms with E-state index < -0.39 is 0 Å². The van der Waals surface area contributed by atoms with Gasteiger partial charge in [0, 0.05) is 19.5 Å². The average Bonchev–Trinajstić information content (AvgIpc) is 2.56. The van der Waals surface area contributed by atoms with Gasteiger partial charge < -0.3 is 5.32 Å². The molecule has 0 radical (unpaired) electrons. The van der Waals surface area contributed by atoms with Crippen molar-refractivity contribution in [2.75, 3.05) is 7.05 Å². The van der Waals surface area contributed by atoms with Gasteiger partial charge in [-0.1, -0.05) is 37.3 Å². The molecule has 4 unspecified atom stereocenters. The molecule has 124 valence electrons. The Kier molecular flexibility index (Phi) is 4.81. The number of piperidine rings is 1. The number of nitrogens with one attached hydrogen (secondary N) is 1. The first kappa shape index (κ1) is 16.2. The first-order valence-corrected chi connectivity index (χ1v) is 8.66. The maximum absolute atomic E-state index is 12.3. The monoisotopic (exact) mass is 314 g/mol. The molecule has 4 heteroatoms. The molecule has 1 aromatic rings. The van der Waals surface area contributed by atoms with Crippen LogP contribution in [-0.4, -0.2) is 35.8 Å². The lowest BCUT2D eigenvalue weighted by Crippen LogP contribution is -2.54. The largest absolute Gasteiger partial charge is 0.303 e. The third-order valence-electron chi connectivity index (χ3n) is 5.30. The van der Waals surface area contributed by atoms with Gasteiger partial charge in [-0.3, -0.25) is 14.5 Å². The average molecular weight is 314 g/mol. The second kappa shape index (κ2) is 6.83. The van der Waals surface area contributed by atoms with Crippen molar-refractivity contribution in [3.8, 4) is 0 Å². The summed E-state index contributed by atoms with van der Waals surface area (Å²) in [4.78, 5) is 25.2. The van der Waals surface area contributed by atoms with Crippen LogP contribution in [-0.2, 0) is 9.59 Å². The molecule has 1 saturated carbocycles. The second-order valence-electron chi connectivity index (χ2n) is 7.17. The summed E-state index contributed by atoms with van der Waals surface area (Å²) in [5, 5.41) is 3.55. The lowest BCUT2D eigenvalue weighted by atomic mass is 9.76. The summed E-state index contributed by atoms with van der Waals surface area (Å²) < 4.78 is 0. The van der Waals surface area contributed by atoms with E-state index in [-0.39, 0.29) is 17.9 Å². The minimum Gasteiger partial charge on any atom is -0.303 e. The van der Waals surface area contributed by atoms with Crippen LogP contribution in [0.3, 0.4) is 0 Å². The predicted molar refractivity (Wildman–Crippen MR) is 89.9 cm³/mol. The van der Waals surface area contributed by atoms with Gasteiger partial charge in [0.05, 0.1) is 6.04 Å². The highest BCUT2D eigenvalue weighted by atomic mass is 16.2. The Balaban J connectivity index is 1.66. The van der Waals surface area contributed by atoms with Crippen molar-refractivity contribution in [1.82, 2.24) is 10.2 Å². The topological polar surface area (TPSA) is 49.4 Å². The first-order valence-electron chi connectivity index (χ1n) is 8.66. The Bertz CT molecular complexity index is 572. The first-order chi connectivity index (χ1) is 11.0. The number of nitrogens with zero attached hydrogens (tertiary/aromatic N) is 1. The number of rotatable bonds is 3. The van der Waals surface area contributed by atoms with Crippen LogP contribution in [0.1, 0.15) is 50.5 Å². The van der Waals surface area contributed by atoms with Crippen LogP contribution in [0.2, 0.25) is 0 Å². The van der Waals surface area contributed by atoms with Crippen LogP contribution >= 0.6 is 0 Å². The van der Waals surface area contributed by atoms with Gasteiger partial charge in [0.15, 0.2) is 0 Å². The molecular weight excluding hydrogens is 288 g/mol. The van der Waals surface area contributed by atoms with E-state index in [0.29, 0.717) is 30.7 Å². The van der Waals surface area contributed by atoms with Crippen LogP contribution < -0.4 is 5.32 Å². The van der Waals surface area contributed by atoms with E-state index in [2.05, 4.69) is 42.6 Å². The van der Waals surface area contributed by atoms with E-state index in [4.69, 9.17) is 0 Å². The van der Waals surface area contributed by atoms with Crippen molar-refractivity contribution in [3.05, 3.63) is 35.9 Å². The molecule has 0 aromatic heterocycles. The van der Waals surface area contributed by atoms with E-state index in [9.17, 15) is 9.59 Å². The van der Waals surface area contributed by atoms with Gasteiger partial charge in [-0.25, -0.2) is 0 Å². The zero-order chi connectivity index (χ0) is 16.4. The van der Waals surface area contributed by atoms with Crippen molar-refractivity contribution < 1.29 is 9.59 Å². The van der Waals surface area contributed by atoms with E-state index in [1.165, 1.54) is 16.9 Å². The van der Waals surface area contributed by atoms with Crippen molar-refractivity contribution in [1.29, 1.82) is 0 Å². The number of amides is 2. The lowest BCUT2D eigenvalue weighted by molar-refractivity contribution is -0.148. The summed E-state index contributed by atoms with van der Waals surface area (Å²) in [7, 11) is 1.59. The number of likely N-dealkylation sites (tertiary alicyclic amines) is 1. The summed E-state index contributed by atoms with van der Waals surface area (Å²) in [6.45, 7) is 2.29. The molecule has 1 heterocycles. The molecule has 4 atom stereocenters. The number of hydrogen-bond donors (Lipinski definition) is 1. The molecule has 1 aliphatic carbocycles. The molecule has 2 aliphatic rings. The fourth-order valence-corrected chi connectivity index (χ4v) is 4.09. The lowest BCUT2D eigenvalue weighted by Gasteiger charge is -2.37. The number of likely N-dealkylation sites (N-methyl/N-ethyl adjacent to an activating group) is 1. The number of carbonyl (C=O) groups is 2. The van der Waals surface area contributed by atoms with Gasteiger partial charge in [0.1, 0.15) is 0 Å². The highest BCUT2D eigenvalue weighted by molar-refractivity contribution is 6.00.